The summed E-state index contributed by atoms with van der Waals surface area (Å²) in [6.45, 7) is 5.11. The van der Waals surface area contributed by atoms with Crippen LogP contribution in [0.3, 0.4) is 0 Å². The molecule has 0 aliphatic heterocycles. The van der Waals surface area contributed by atoms with Crippen LogP contribution >= 0.6 is 0 Å². The fraction of sp³-hybridized carbons (Fsp3) is 0.471. The molecule has 114 valence electrons. The molecule has 0 fully saturated rings. The first-order valence-electron chi connectivity index (χ1n) is 7.56. The standard InChI is InChI=1S/C17H23NO3/c1-3-4-5-8-18(9-10-19)17(20)16-12-14-11-13(2)6-7-15(14)21-16/h6-7,11-12,19H,3-5,8-10H2,1-2H3. The van der Waals surface area contributed by atoms with E-state index in [-0.39, 0.29) is 12.5 Å². The van der Waals surface area contributed by atoms with E-state index in [9.17, 15) is 4.79 Å². The maximum absolute atomic E-state index is 12.5. The minimum atomic E-state index is -0.144. The molecule has 21 heavy (non-hydrogen) atoms. The number of furan rings is 1. The number of aryl methyl sites for hydroxylation is 1. The van der Waals surface area contributed by atoms with Crippen molar-refractivity contribution in [2.24, 2.45) is 0 Å². The molecule has 1 aromatic carbocycles. The molecule has 0 radical (unpaired) electrons. The molecule has 0 aliphatic carbocycles. The number of unbranched alkanes of at least 4 members (excludes halogenated alkanes) is 2. The number of hydrogen-bond acceptors (Lipinski definition) is 3. The Balaban J connectivity index is 2.17. The maximum Gasteiger partial charge on any atom is 0.289 e. The zero-order valence-corrected chi connectivity index (χ0v) is 12.8. The van der Waals surface area contributed by atoms with Crippen LogP contribution in [-0.4, -0.2) is 35.6 Å². The summed E-state index contributed by atoms with van der Waals surface area (Å²) >= 11 is 0. The molecule has 2 rings (SSSR count). The average Bonchev–Trinajstić information content (AvgIpc) is 2.88. The number of hydrogen-bond donors (Lipinski definition) is 1. The maximum atomic E-state index is 12.5. The lowest BCUT2D eigenvalue weighted by molar-refractivity contribution is 0.0689. The van der Waals surface area contributed by atoms with E-state index in [1.165, 1.54) is 0 Å². The van der Waals surface area contributed by atoms with Crippen molar-refractivity contribution in [3.05, 3.63) is 35.6 Å². The highest BCUT2D eigenvalue weighted by molar-refractivity contribution is 5.96. The van der Waals surface area contributed by atoms with Gasteiger partial charge in [0, 0.05) is 18.5 Å². The van der Waals surface area contributed by atoms with E-state index in [0.29, 0.717) is 18.8 Å². The normalized spacial score (nSPS) is 11.0. The Hall–Kier alpha value is -1.81. The van der Waals surface area contributed by atoms with E-state index < -0.39 is 0 Å². The van der Waals surface area contributed by atoms with E-state index in [4.69, 9.17) is 9.52 Å². The van der Waals surface area contributed by atoms with Crippen molar-refractivity contribution >= 4 is 16.9 Å². The highest BCUT2D eigenvalue weighted by atomic mass is 16.3. The summed E-state index contributed by atoms with van der Waals surface area (Å²) in [7, 11) is 0. The van der Waals surface area contributed by atoms with E-state index in [1.807, 2.05) is 25.1 Å². The second-order valence-corrected chi connectivity index (χ2v) is 5.37. The largest absolute Gasteiger partial charge is 0.451 e. The second kappa shape index (κ2) is 7.27. The summed E-state index contributed by atoms with van der Waals surface area (Å²) in [6.07, 6.45) is 3.13. The molecule has 1 N–H and O–H groups in total. The number of aliphatic hydroxyl groups excluding tert-OH is 1. The van der Waals surface area contributed by atoms with Crippen LogP contribution in [0.15, 0.2) is 28.7 Å². The molecule has 0 saturated heterocycles. The van der Waals surface area contributed by atoms with E-state index in [0.717, 1.165) is 35.8 Å². The summed E-state index contributed by atoms with van der Waals surface area (Å²) in [5.41, 5.74) is 1.86. The fourth-order valence-electron chi connectivity index (χ4n) is 2.41. The molecule has 0 spiro atoms. The van der Waals surface area contributed by atoms with Crippen LogP contribution in [0.4, 0.5) is 0 Å². The van der Waals surface area contributed by atoms with Gasteiger partial charge >= 0.3 is 0 Å². The lowest BCUT2D eigenvalue weighted by Gasteiger charge is -2.20. The molecule has 0 unspecified atom stereocenters. The van der Waals surface area contributed by atoms with Gasteiger partial charge in [-0.15, -0.1) is 0 Å². The van der Waals surface area contributed by atoms with Gasteiger partial charge in [-0.25, -0.2) is 0 Å². The summed E-state index contributed by atoms with van der Waals surface area (Å²) < 4.78 is 5.65. The third-order valence-electron chi connectivity index (χ3n) is 3.57. The number of fused-ring (bicyclic) bond motifs is 1. The molecular weight excluding hydrogens is 266 g/mol. The number of carbonyl (C=O) groups is 1. The Labute approximate surface area is 125 Å². The highest BCUT2D eigenvalue weighted by Crippen LogP contribution is 2.21. The Morgan fingerprint density at radius 2 is 2.05 bits per heavy atom. The zero-order valence-electron chi connectivity index (χ0n) is 12.8. The summed E-state index contributed by atoms with van der Waals surface area (Å²) in [6, 6.07) is 7.64. The fourth-order valence-corrected chi connectivity index (χ4v) is 2.41. The van der Waals surface area contributed by atoms with Gasteiger partial charge in [0.25, 0.3) is 5.91 Å². The lowest BCUT2D eigenvalue weighted by atomic mass is 10.2. The van der Waals surface area contributed by atoms with Gasteiger partial charge in [0.1, 0.15) is 5.58 Å². The van der Waals surface area contributed by atoms with Crippen molar-refractivity contribution in [3.63, 3.8) is 0 Å². The monoisotopic (exact) mass is 289 g/mol. The second-order valence-electron chi connectivity index (χ2n) is 5.37. The minimum Gasteiger partial charge on any atom is -0.451 e. The molecule has 0 saturated carbocycles. The predicted octanol–water partition coefficient (Wildman–Crippen LogP) is 3.37. The van der Waals surface area contributed by atoms with Crippen molar-refractivity contribution in [2.45, 2.75) is 33.1 Å². The smallest absolute Gasteiger partial charge is 0.289 e. The van der Waals surface area contributed by atoms with Crippen LogP contribution in [0.25, 0.3) is 11.0 Å². The highest BCUT2D eigenvalue weighted by Gasteiger charge is 2.19. The Kier molecular flexibility index (Phi) is 5.39. The number of aliphatic hydroxyl groups is 1. The molecule has 1 heterocycles. The first-order valence-corrected chi connectivity index (χ1v) is 7.56. The molecule has 0 bridgehead atoms. The lowest BCUT2D eigenvalue weighted by Crippen LogP contribution is -2.34. The summed E-state index contributed by atoms with van der Waals surface area (Å²) in [4.78, 5) is 14.2. The zero-order chi connectivity index (χ0) is 15.2. The van der Waals surface area contributed by atoms with Crippen molar-refractivity contribution in [1.82, 2.24) is 4.90 Å². The van der Waals surface area contributed by atoms with Crippen molar-refractivity contribution in [3.8, 4) is 0 Å². The van der Waals surface area contributed by atoms with Gasteiger partial charge in [0.15, 0.2) is 5.76 Å². The predicted molar refractivity (Wildman–Crippen MR) is 83.5 cm³/mol. The third kappa shape index (κ3) is 3.85. The molecule has 0 atom stereocenters. The average molecular weight is 289 g/mol. The van der Waals surface area contributed by atoms with Gasteiger partial charge in [0.2, 0.25) is 0 Å². The molecule has 4 nitrogen and oxygen atoms in total. The number of amides is 1. The molecular formula is C17H23NO3. The van der Waals surface area contributed by atoms with Crippen LogP contribution < -0.4 is 0 Å². The molecule has 4 heteroatoms. The van der Waals surface area contributed by atoms with Gasteiger partial charge in [-0.3, -0.25) is 4.79 Å². The first-order chi connectivity index (χ1) is 10.2. The van der Waals surface area contributed by atoms with E-state index >= 15 is 0 Å². The quantitative estimate of drug-likeness (QED) is 0.795. The number of carbonyl (C=O) groups excluding carboxylic acids is 1. The number of benzene rings is 1. The van der Waals surface area contributed by atoms with Crippen LogP contribution in [0.2, 0.25) is 0 Å². The van der Waals surface area contributed by atoms with Gasteiger partial charge in [0.05, 0.1) is 6.61 Å². The molecule has 1 aromatic heterocycles. The topological polar surface area (TPSA) is 53.7 Å². The Morgan fingerprint density at radius 1 is 1.24 bits per heavy atom. The van der Waals surface area contributed by atoms with Crippen LogP contribution in [-0.2, 0) is 0 Å². The molecule has 2 aromatic rings. The van der Waals surface area contributed by atoms with Gasteiger partial charge in [-0.1, -0.05) is 31.4 Å². The Bertz CT molecular complexity index is 603. The van der Waals surface area contributed by atoms with Crippen molar-refractivity contribution < 1.29 is 14.3 Å². The van der Waals surface area contributed by atoms with Gasteiger partial charge < -0.3 is 14.4 Å². The first kappa shape index (κ1) is 15.6. The van der Waals surface area contributed by atoms with E-state index in [2.05, 4.69) is 6.92 Å². The van der Waals surface area contributed by atoms with Crippen LogP contribution in [0.5, 0.6) is 0 Å². The summed E-state index contributed by atoms with van der Waals surface area (Å²) in [5, 5.41) is 10.1. The SMILES string of the molecule is CCCCCN(CCO)C(=O)c1cc2cc(C)ccc2o1. The molecule has 0 aliphatic rings. The van der Waals surface area contributed by atoms with Crippen molar-refractivity contribution in [2.75, 3.05) is 19.7 Å². The Morgan fingerprint density at radius 3 is 2.76 bits per heavy atom. The van der Waals surface area contributed by atoms with Crippen molar-refractivity contribution in [1.29, 1.82) is 0 Å². The third-order valence-corrected chi connectivity index (χ3v) is 3.57. The van der Waals surface area contributed by atoms with Gasteiger partial charge in [-0.05, 0) is 31.5 Å². The van der Waals surface area contributed by atoms with Crippen LogP contribution in [0, 0.1) is 6.92 Å². The van der Waals surface area contributed by atoms with Crippen LogP contribution in [0.1, 0.15) is 42.3 Å². The van der Waals surface area contributed by atoms with Gasteiger partial charge in [-0.2, -0.15) is 0 Å². The summed E-state index contributed by atoms with van der Waals surface area (Å²) in [5.74, 6) is 0.203. The number of rotatable bonds is 7. The number of nitrogens with zero attached hydrogens (tertiary/aromatic N) is 1. The molecule has 1 amide bonds. The van der Waals surface area contributed by atoms with E-state index in [1.54, 1.807) is 11.0 Å². The minimum absolute atomic E-state index is 0.0306.